The van der Waals surface area contributed by atoms with E-state index in [9.17, 15) is 18.0 Å². The number of nitrogens with one attached hydrogen (secondary N) is 1. The van der Waals surface area contributed by atoms with E-state index in [1.165, 1.54) is 31.6 Å². The van der Waals surface area contributed by atoms with Crippen LogP contribution in [-0.4, -0.2) is 28.0 Å². The third kappa shape index (κ3) is 4.37. The highest BCUT2D eigenvalue weighted by Gasteiger charge is 2.32. The van der Waals surface area contributed by atoms with Gasteiger partial charge in [0, 0.05) is 22.8 Å². The smallest absolute Gasteiger partial charge is 0.433 e. The molecule has 0 aliphatic rings. The fourth-order valence-electron chi connectivity index (χ4n) is 2.28. The average Bonchev–Trinajstić information content (AvgIpc) is 2.68. The molecule has 0 atom stereocenters. The number of amides is 1. The lowest BCUT2D eigenvalue weighted by molar-refractivity contribution is -0.141. The summed E-state index contributed by atoms with van der Waals surface area (Å²) in [6.45, 7) is 0. The van der Waals surface area contributed by atoms with Crippen molar-refractivity contribution in [2.45, 2.75) is 6.18 Å². The Morgan fingerprint density at radius 2 is 1.93 bits per heavy atom. The molecule has 1 aromatic carbocycles. The minimum absolute atomic E-state index is 0.0330. The average molecular weight is 409 g/mol. The topological polar surface area (TPSA) is 77.0 Å². The minimum atomic E-state index is -4.54. The van der Waals surface area contributed by atoms with Crippen molar-refractivity contribution in [1.82, 2.24) is 15.0 Å². The van der Waals surface area contributed by atoms with E-state index in [4.69, 9.17) is 16.3 Å². The van der Waals surface area contributed by atoms with Crippen LogP contribution in [0.2, 0.25) is 5.02 Å². The van der Waals surface area contributed by atoms with Gasteiger partial charge in [-0.15, -0.1) is 0 Å². The maximum atomic E-state index is 12.6. The van der Waals surface area contributed by atoms with Gasteiger partial charge in [-0.2, -0.15) is 13.2 Å². The van der Waals surface area contributed by atoms with Gasteiger partial charge in [-0.25, -0.2) is 4.98 Å². The summed E-state index contributed by atoms with van der Waals surface area (Å²) in [5.74, 6) is -0.216. The molecule has 6 nitrogen and oxygen atoms in total. The number of carbonyl (C=O) groups is 1. The van der Waals surface area contributed by atoms with Crippen LogP contribution >= 0.6 is 11.6 Å². The van der Waals surface area contributed by atoms with Crippen LogP contribution in [0.5, 0.6) is 5.75 Å². The van der Waals surface area contributed by atoms with Crippen LogP contribution in [0.15, 0.2) is 48.9 Å². The molecule has 144 valence electrons. The van der Waals surface area contributed by atoms with Gasteiger partial charge >= 0.3 is 6.18 Å². The van der Waals surface area contributed by atoms with Gasteiger partial charge in [0.2, 0.25) is 0 Å². The zero-order valence-corrected chi connectivity index (χ0v) is 15.0. The molecule has 0 saturated heterocycles. The monoisotopic (exact) mass is 408 g/mol. The lowest BCUT2D eigenvalue weighted by Crippen LogP contribution is -2.15. The third-order valence-corrected chi connectivity index (χ3v) is 3.86. The summed E-state index contributed by atoms with van der Waals surface area (Å²) >= 11 is 5.89. The van der Waals surface area contributed by atoms with Gasteiger partial charge in [0.25, 0.3) is 5.91 Å². The van der Waals surface area contributed by atoms with Crippen molar-refractivity contribution in [1.29, 1.82) is 0 Å². The van der Waals surface area contributed by atoms with Crippen LogP contribution in [0.3, 0.4) is 0 Å². The fourth-order valence-corrected chi connectivity index (χ4v) is 2.44. The number of aromatic nitrogens is 3. The minimum Gasteiger partial charge on any atom is -0.495 e. The Labute approximate surface area is 162 Å². The molecule has 3 rings (SSSR count). The van der Waals surface area contributed by atoms with E-state index in [0.717, 1.165) is 12.3 Å². The van der Waals surface area contributed by atoms with E-state index in [-0.39, 0.29) is 11.4 Å². The number of ether oxygens (including phenoxy) is 1. The van der Waals surface area contributed by atoms with Gasteiger partial charge in [-0.1, -0.05) is 11.6 Å². The predicted molar refractivity (Wildman–Crippen MR) is 96.2 cm³/mol. The Hall–Kier alpha value is -3.20. The first-order chi connectivity index (χ1) is 13.3. The Kier molecular flexibility index (Phi) is 5.46. The summed E-state index contributed by atoms with van der Waals surface area (Å²) in [6, 6.07) is 6.73. The van der Waals surface area contributed by atoms with Gasteiger partial charge in [-0.3, -0.25) is 14.8 Å². The van der Waals surface area contributed by atoms with E-state index in [1.807, 2.05) is 0 Å². The zero-order chi connectivity index (χ0) is 20.3. The number of hydrogen-bond donors (Lipinski definition) is 1. The Morgan fingerprint density at radius 1 is 1.14 bits per heavy atom. The molecular weight excluding hydrogens is 397 g/mol. The van der Waals surface area contributed by atoms with E-state index in [2.05, 4.69) is 20.3 Å². The van der Waals surface area contributed by atoms with Crippen LogP contribution < -0.4 is 10.1 Å². The van der Waals surface area contributed by atoms with E-state index in [0.29, 0.717) is 22.0 Å². The summed E-state index contributed by atoms with van der Waals surface area (Å²) in [4.78, 5) is 23.9. The summed E-state index contributed by atoms with van der Waals surface area (Å²) in [7, 11) is 1.43. The molecule has 1 N–H and O–H groups in total. The van der Waals surface area contributed by atoms with Gasteiger partial charge in [0.05, 0.1) is 30.9 Å². The summed E-state index contributed by atoms with van der Waals surface area (Å²) in [5, 5.41) is 3.06. The summed E-state index contributed by atoms with van der Waals surface area (Å²) < 4.78 is 43.0. The maximum Gasteiger partial charge on any atom is 0.433 e. The van der Waals surface area contributed by atoms with E-state index in [1.54, 1.807) is 12.1 Å². The molecule has 0 aliphatic carbocycles. The molecule has 0 fully saturated rings. The number of pyridine rings is 1. The highest BCUT2D eigenvalue weighted by Crippen LogP contribution is 2.29. The quantitative estimate of drug-likeness (QED) is 0.689. The SMILES string of the molecule is COc1cc(Cl)ccc1NC(=O)c1cncc(-c2ccc(C(F)(F)F)nc2)n1. The largest absolute Gasteiger partial charge is 0.495 e. The van der Waals surface area contributed by atoms with Crippen molar-refractivity contribution in [3.05, 3.63) is 65.3 Å². The van der Waals surface area contributed by atoms with Gasteiger partial charge in [0.15, 0.2) is 0 Å². The molecule has 2 aromatic heterocycles. The second-order valence-electron chi connectivity index (χ2n) is 5.52. The van der Waals surface area contributed by atoms with Crippen molar-refractivity contribution in [3.63, 3.8) is 0 Å². The van der Waals surface area contributed by atoms with Crippen molar-refractivity contribution in [2.24, 2.45) is 0 Å². The molecule has 3 aromatic rings. The van der Waals surface area contributed by atoms with Crippen LogP contribution in [0.4, 0.5) is 18.9 Å². The van der Waals surface area contributed by atoms with Crippen molar-refractivity contribution in [2.75, 3.05) is 12.4 Å². The van der Waals surface area contributed by atoms with Gasteiger partial charge in [0.1, 0.15) is 17.1 Å². The number of rotatable bonds is 4. The number of hydrogen-bond acceptors (Lipinski definition) is 5. The molecule has 0 spiro atoms. The van der Waals surface area contributed by atoms with Crippen molar-refractivity contribution < 1.29 is 22.7 Å². The lowest BCUT2D eigenvalue weighted by atomic mass is 10.2. The molecule has 0 saturated carbocycles. The molecule has 0 aliphatic heterocycles. The first-order valence-corrected chi connectivity index (χ1v) is 8.16. The number of benzene rings is 1. The van der Waals surface area contributed by atoms with Crippen LogP contribution in [0.1, 0.15) is 16.2 Å². The molecule has 28 heavy (non-hydrogen) atoms. The zero-order valence-electron chi connectivity index (χ0n) is 14.3. The third-order valence-electron chi connectivity index (χ3n) is 3.63. The fraction of sp³-hybridized carbons (Fsp3) is 0.111. The van der Waals surface area contributed by atoms with E-state index < -0.39 is 17.8 Å². The van der Waals surface area contributed by atoms with Crippen molar-refractivity contribution in [3.8, 4) is 17.0 Å². The van der Waals surface area contributed by atoms with E-state index >= 15 is 0 Å². The van der Waals surface area contributed by atoms with Crippen LogP contribution in [0, 0.1) is 0 Å². The Bertz CT molecular complexity index is 1010. The molecule has 0 bridgehead atoms. The summed E-state index contributed by atoms with van der Waals surface area (Å²) in [6.07, 6.45) is -0.955. The first-order valence-electron chi connectivity index (χ1n) is 7.78. The first kappa shape index (κ1) is 19.6. The normalized spacial score (nSPS) is 11.2. The van der Waals surface area contributed by atoms with Crippen LogP contribution in [0.25, 0.3) is 11.3 Å². The Morgan fingerprint density at radius 3 is 2.57 bits per heavy atom. The molecule has 0 unspecified atom stereocenters. The van der Waals surface area contributed by atoms with Crippen LogP contribution in [-0.2, 0) is 6.18 Å². The Balaban J connectivity index is 1.84. The lowest BCUT2D eigenvalue weighted by Gasteiger charge is -2.10. The van der Waals surface area contributed by atoms with Crippen molar-refractivity contribution >= 4 is 23.2 Å². The highest BCUT2D eigenvalue weighted by atomic mass is 35.5. The predicted octanol–water partition coefficient (Wildman–Crippen LogP) is 4.47. The number of carbonyl (C=O) groups excluding carboxylic acids is 1. The number of methoxy groups -OCH3 is 1. The number of alkyl halides is 3. The molecule has 0 radical (unpaired) electrons. The highest BCUT2D eigenvalue weighted by molar-refractivity contribution is 6.30. The second kappa shape index (κ2) is 7.81. The molecular formula is C18H12ClF3N4O2. The maximum absolute atomic E-state index is 12.6. The summed E-state index contributed by atoms with van der Waals surface area (Å²) in [5.41, 5.74) is -0.182. The standard InChI is InChI=1S/C18H12ClF3N4O2/c1-28-15-6-11(19)3-4-12(15)26-17(27)14-9-23-8-13(25-14)10-2-5-16(24-7-10)18(20,21)22/h2-9H,1H3,(H,26,27). The number of halogens is 4. The number of anilines is 1. The second-order valence-corrected chi connectivity index (χ2v) is 5.95. The molecule has 10 heteroatoms. The van der Waals surface area contributed by atoms with Gasteiger partial charge in [-0.05, 0) is 24.3 Å². The van der Waals surface area contributed by atoms with Gasteiger partial charge < -0.3 is 10.1 Å². The number of nitrogens with zero attached hydrogens (tertiary/aromatic N) is 3. The molecule has 2 heterocycles. The molecule has 1 amide bonds.